The number of hydrogen-bond acceptors (Lipinski definition) is 7. The van der Waals surface area contributed by atoms with Crippen LogP contribution in [-0.4, -0.2) is 23.8 Å². The van der Waals surface area contributed by atoms with Crippen LogP contribution in [0.5, 0.6) is 0 Å². The number of nitrogens with zero attached hydrogens (tertiary/aromatic N) is 1. The standard InChI is InChI=1S/C18H14FN3O3S/c1-25-17(24)11-3-2-4-13(9-11)21-18-22-16(20)15(26-18)14(23)10-5-7-12(19)8-6-10/h2-9H,20H2,1H3,(H,21,22). The third-order valence-corrected chi connectivity index (χ3v) is 4.49. The number of benzene rings is 2. The molecule has 6 nitrogen and oxygen atoms in total. The topological polar surface area (TPSA) is 94.3 Å². The number of thiazole rings is 1. The Kier molecular flexibility index (Phi) is 4.94. The summed E-state index contributed by atoms with van der Waals surface area (Å²) < 4.78 is 17.7. The summed E-state index contributed by atoms with van der Waals surface area (Å²) in [7, 11) is 1.30. The van der Waals surface area contributed by atoms with Gasteiger partial charge in [0.05, 0.1) is 12.7 Å². The molecule has 0 radical (unpaired) electrons. The molecule has 0 fully saturated rings. The molecule has 0 aliphatic heterocycles. The summed E-state index contributed by atoms with van der Waals surface area (Å²) in [4.78, 5) is 28.5. The Hall–Kier alpha value is -3.26. The molecule has 26 heavy (non-hydrogen) atoms. The highest BCUT2D eigenvalue weighted by molar-refractivity contribution is 7.18. The zero-order valence-electron chi connectivity index (χ0n) is 13.7. The van der Waals surface area contributed by atoms with Gasteiger partial charge in [-0.15, -0.1) is 0 Å². The van der Waals surface area contributed by atoms with E-state index in [4.69, 9.17) is 5.73 Å². The number of halogens is 1. The van der Waals surface area contributed by atoms with Crippen LogP contribution in [-0.2, 0) is 4.74 Å². The zero-order valence-corrected chi connectivity index (χ0v) is 14.5. The van der Waals surface area contributed by atoms with Crippen LogP contribution < -0.4 is 11.1 Å². The third kappa shape index (κ3) is 3.70. The van der Waals surface area contributed by atoms with Gasteiger partial charge in [0.15, 0.2) is 5.13 Å². The molecule has 0 saturated heterocycles. The Bertz CT molecular complexity index is 970. The molecule has 3 rings (SSSR count). The molecular formula is C18H14FN3O3S. The van der Waals surface area contributed by atoms with E-state index in [1.54, 1.807) is 24.3 Å². The van der Waals surface area contributed by atoms with Crippen molar-refractivity contribution in [3.05, 3.63) is 70.4 Å². The van der Waals surface area contributed by atoms with Crippen LogP contribution in [0.2, 0.25) is 0 Å². The monoisotopic (exact) mass is 371 g/mol. The van der Waals surface area contributed by atoms with Gasteiger partial charge in [0.2, 0.25) is 5.78 Å². The van der Waals surface area contributed by atoms with Gasteiger partial charge in [-0.2, -0.15) is 0 Å². The summed E-state index contributed by atoms with van der Waals surface area (Å²) in [5, 5.41) is 3.41. The first-order valence-electron chi connectivity index (χ1n) is 7.50. The van der Waals surface area contributed by atoms with Gasteiger partial charge < -0.3 is 15.8 Å². The fourth-order valence-electron chi connectivity index (χ4n) is 2.25. The van der Waals surface area contributed by atoms with Gasteiger partial charge in [0, 0.05) is 11.3 Å². The molecule has 0 spiro atoms. The predicted molar refractivity (Wildman–Crippen MR) is 97.4 cm³/mol. The average molecular weight is 371 g/mol. The van der Waals surface area contributed by atoms with Crippen molar-refractivity contribution in [3.63, 3.8) is 0 Å². The number of aromatic nitrogens is 1. The second kappa shape index (κ2) is 7.32. The molecular weight excluding hydrogens is 357 g/mol. The largest absolute Gasteiger partial charge is 0.465 e. The van der Waals surface area contributed by atoms with Crippen molar-refractivity contribution in [1.29, 1.82) is 0 Å². The maximum atomic E-state index is 13.0. The van der Waals surface area contributed by atoms with Gasteiger partial charge in [-0.3, -0.25) is 4.79 Å². The van der Waals surface area contributed by atoms with Crippen LogP contribution in [0.4, 0.5) is 21.0 Å². The minimum atomic E-state index is -0.459. The Morgan fingerprint density at radius 2 is 1.88 bits per heavy atom. The Morgan fingerprint density at radius 1 is 1.15 bits per heavy atom. The van der Waals surface area contributed by atoms with E-state index in [-0.39, 0.29) is 16.5 Å². The van der Waals surface area contributed by atoms with Crippen molar-refractivity contribution < 1.29 is 18.7 Å². The van der Waals surface area contributed by atoms with Crippen LogP contribution in [0, 0.1) is 5.82 Å². The van der Waals surface area contributed by atoms with E-state index < -0.39 is 11.8 Å². The number of nitrogens with one attached hydrogen (secondary N) is 1. The normalized spacial score (nSPS) is 10.4. The number of methoxy groups -OCH3 is 1. The van der Waals surface area contributed by atoms with E-state index in [0.717, 1.165) is 11.3 Å². The molecule has 1 aromatic heterocycles. The number of hydrogen-bond donors (Lipinski definition) is 2. The molecule has 132 valence electrons. The molecule has 0 aliphatic rings. The molecule has 0 atom stereocenters. The van der Waals surface area contributed by atoms with Gasteiger partial charge in [-0.1, -0.05) is 17.4 Å². The number of ketones is 1. The second-order valence-electron chi connectivity index (χ2n) is 5.27. The molecule has 2 aromatic carbocycles. The van der Waals surface area contributed by atoms with E-state index in [2.05, 4.69) is 15.0 Å². The van der Waals surface area contributed by atoms with Crippen LogP contribution in [0.15, 0.2) is 48.5 Å². The number of carbonyl (C=O) groups excluding carboxylic acids is 2. The number of nitrogen functional groups attached to an aromatic ring is 1. The molecule has 0 unspecified atom stereocenters. The van der Waals surface area contributed by atoms with Gasteiger partial charge in [-0.25, -0.2) is 14.2 Å². The number of nitrogens with two attached hydrogens (primary N) is 1. The highest BCUT2D eigenvalue weighted by Crippen LogP contribution is 2.30. The first kappa shape index (κ1) is 17.6. The Morgan fingerprint density at radius 3 is 2.58 bits per heavy atom. The van der Waals surface area contributed by atoms with Gasteiger partial charge >= 0.3 is 5.97 Å². The lowest BCUT2D eigenvalue weighted by Crippen LogP contribution is -2.02. The summed E-state index contributed by atoms with van der Waals surface area (Å²) in [5.74, 6) is -1.14. The van der Waals surface area contributed by atoms with Crippen molar-refractivity contribution in [1.82, 2.24) is 4.98 Å². The molecule has 8 heteroatoms. The lowest BCUT2D eigenvalue weighted by atomic mass is 10.1. The predicted octanol–water partition coefficient (Wildman–Crippen LogP) is 3.63. The molecule has 0 aliphatic carbocycles. The molecule has 1 heterocycles. The smallest absolute Gasteiger partial charge is 0.337 e. The maximum absolute atomic E-state index is 13.0. The van der Waals surface area contributed by atoms with Gasteiger partial charge in [-0.05, 0) is 42.5 Å². The number of rotatable bonds is 5. The number of anilines is 3. The molecule has 3 aromatic rings. The molecule has 0 bridgehead atoms. The van der Waals surface area contributed by atoms with E-state index in [1.165, 1.54) is 31.4 Å². The SMILES string of the molecule is COC(=O)c1cccc(Nc2nc(N)c(C(=O)c3ccc(F)cc3)s2)c1. The lowest BCUT2D eigenvalue weighted by molar-refractivity contribution is 0.0600. The van der Waals surface area contributed by atoms with E-state index in [0.29, 0.717) is 21.9 Å². The Labute approximate surface area is 152 Å². The van der Waals surface area contributed by atoms with Crippen molar-refractivity contribution in [2.45, 2.75) is 0 Å². The second-order valence-corrected chi connectivity index (χ2v) is 6.27. The lowest BCUT2D eigenvalue weighted by Gasteiger charge is -2.04. The summed E-state index contributed by atoms with van der Waals surface area (Å²) in [6.07, 6.45) is 0. The highest BCUT2D eigenvalue weighted by atomic mass is 32.1. The molecule has 3 N–H and O–H groups in total. The minimum absolute atomic E-state index is 0.0796. The summed E-state index contributed by atoms with van der Waals surface area (Å²) >= 11 is 1.07. The van der Waals surface area contributed by atoms with Crippen LogP contribution in [0.3, 0.4) is 0 Å². The minimum Gasteiger partial charge on any atom is -0.465 e. The van der Waals surface area contributed by atoms with Crippen molar-refractivity contribution >= 4 is 39.7 Å². The fraction of sp³-hybridized carbons (Fsp3) is 0.0556. The number of carbonyl (C=O) groups is 2. The molecule has 0 saturated carbocycles. The van der Waals surface area contributed by atoms with E-state index >= 15 is 0 Å². The Balaban J connectivity index is 1.83. The first-order chi connectivity index (χ1) is 12.5. The van der Waals surface area contributed by atoms with Gasteiger partial charge in [0.25, 0.3) is 0 Å². The van der Waals surface area contributed by atoms with Crippen LogP contribution in [0.25, 0.3) is 0 Å². The maximum Gasteiger partial charge on any atom is 0.337 e. The summed E-state index contributed by atoms with van der Waals surface area (Å²) in [6, 6.07) is 11.9. The quantitative estimate of drug-likeness (QED) is 0.525. The molecule has 0 amide bonds. The highest BCUT2D eigenvalue weighted by Gasteiger charge is 2.18. The van der Waals surface area contributed by atoms with Crippen molar-refractivity contribution in [3.8, 4) is 0 Å². The average Bonchev–Trinajstić information content (AvgIpc) is 3.01. The van der Waals surface area contributed by atoms with Crippen LogP contribution in [0.1, 0.15) is 25.6 Å². The zero-order chi connectivity index (χ0) is 18.7. The summed E-state index contributed by atoms with van der Waals surface area (Å²) in [5.41, 5.74) is 7.15. The number of esters is 1. The number of ether oxygens (including phenoxy) is 1. The van der Waals surface area contributed by atoms with E-state index in [9.17, 15) is 14.0 Å². The third-order valence-electron chi connectivity index (χ3n) is 3.50. The van der Waals surface area contributed by atoms with E-state index in [1.807, 2.05) is 0 Å². The summed E-state index contributed by atoms with van der Waals surface area (Å²) in [6.45, 7) is 0. The van der Waals surface area contributed by atoms with Crippen LogP contribution >= 0.6 is 11.3 Å². The first-order valence-corrected chi connectivity index (χ1v) is 8.31. The van der Waals surface area contributed by atoms with Gasteiger partial charge in [0.1, 0.15) is 16.5 Å². The van der Waals surface area contributed by atoms with Crippen molar-refractivity contribution in [2.75, 3.05) is 18.2 Å². The van der Waals surface area contributed by atoms with Crippen molar-refractivity contribution in [2.24, 2.45) is 0 Å². The fourth-order valence-corrected chi connectivity index (χ4v) is 3.11.